The van der Waals surface area contributed by atoms with Gasteiger partial charge in [-0.2, -0.15) is 0 Å². The van der Waals surface area contributed by atoms with Gasteiger partial charge in [-0.25, -0.2) is 9.97 Å². The molecule has 136 valence electrons. The molecule has 0 saturated heterocycles. The van der Waals surface area contributed by atoms with Crippen molar-refractivity contribution in [1.29, 1.82) is 0 Å². The van der Waals surface area contributed by atoms with E-state index in [-0.39, 0.29) is 34.0 Å². The lowest BCUT2D eigenvalue weighted by Crippen LogP contribution is -2.21. The Morgan fingerprint density at radius 3 is 2.69 bits per heavy atom. The maximum atomic E-state index is 12.1. The van der Waals surface area contributed by atoms with Crippen molar-refractivity contribution in [3.05, 3.63) is 34.3 Å². The van der Waals surface area contributed by atoms with E-state index in [4.69, 9.17) is 23.1 Å². The summed E-state index contributed by atoms with van der Waals surface area (Å²) in [7, 11) is 0. The van der Waals surface area contributed by atoms with E-state index in [1.807, 2.05) is 13.8 Å². The summed E-state index contributed by atoms with van der Waals surface area (Å²) in [5, 5.41) is 10.4. The molecule has 2 heterocycles. The number of primary amides is 1. The van der Waals surface area contributed by atoms with Crippen LogP contribution in [0, 0.1) is 11.8 Å². The quantitative estimate of drug-likeness (QED) is 0.763. The molecule has 5 N–H and O–H groups in total. The zero-order valence-electron chi connectivity index (χ0n) is 14.5. The van der Waals surface area contributed by atoms with Crippen molar-refractivity contribution >= 4 is 40.2 Å². The maximum absolute atomic E-state index is 12.1. The van der Waals surface area contributed by atoms with E-state index in [0.717, 1.165) is 18.5 Å². The molecule has 26 heavy (non-hydrogen) atoms. The van der Waals surface area contributed by atoms with Crippen LogP contribution >= 0.6 is 11.6 Å². The molecule has 0 spiro atoms. The number of carbonyl (C=O) groups excluding carboxylic acids is 1. The van der Waals surface area contributed by atoms with Gasteiger partial charge in [0, 0.05) is 11.8 Å². The predicted octanol–water partition coefficient (Wildman–Crippen LogP) is 3.12. The van der Waals surface area contributed by atoms with Crippen LogP contribution in [0.1, 0.15) is 48.7 Å². The molecule has 4 rings (SSSR count). The molecule has 0 unspecified atom stereocenters. The van der Waals surface area contributed by atoms with Crippen LogP contribution in [-0.4, -0.2) is 25.5 Å². The number of aliphatic hydroxyl groups excluding tert-OH is 1. The van der Waals surface area contributed by atoms with Gasteiger partial charge in [-0.1, -0.05) is 25.4 Å². The van der Waals surface area contributed by atoms with Gasteiger partial charge in [0.15, 0.2) is 5.65 Å². The lowest BCUT2D eigenvalue weighted by molar-refractivity contribution is 0.100. The van der Waals surface area contributed by atoms with E-state index in [1.165, 1.54) is 0 Å². The number of fused-ring (bicyclic) bond motifs is 1. The van der Waals surface area contributed by atoms with Crippen molar-refractivity contribution in [3.8, 4) is 0 Å². The van der Waals surface area contributed by atoms with Gasteiger partial charge < -0.3 is 16.6 Å². The molecule has 0 aromatic carbocycles. The van der Waals surface area contributed by atoms with Crippen molar-refractivity contribution in [2.75, 3.05) is 5.73 Å². The Morgan fingerprint density at radius 2 is 2.08 bits per heavy atom. The number of amides is 1. The number of hydrogen-bond donors (Lipinski definition) is 3. The van der Waals surface area contributed by atoms with Gasteiger partial charge in [0.1, 0.15) is 27.7 Å². The van der Waals surface area contributed by atoms with E-state index < -0.39 is 5.91 Å². The van der Waals surface area contributed by atoms with Crippen molar-refractivity contribution in [1.82, 2.24) is 14.5 Å². The first kappa shape index (κ1) is 16.9. The number of nitrogens with zero attached hydrogens (tertiary/aromatic N) is 3. The summed E-state index contributed by atoms with van der Waals surface area (Å²) in [6.07, 6.45) is 5.53. The predicted molar refractivity (Wildman–Crippen MR) is 101 cm³/mol. The highest BCUT2D eigenvalue weighted by Crippen LogP contribution is 2.43. The standard InChI is InChI=1S/C18H20ClN5O2/c1-7-5-11(25)13(19)15(8(7)2)24-16(20)12(17(21)26)14-18(24)22-6-10(23-14)9-3-4-9/h5-9,25H,3-4,20H2,1-2H3,(H2,21,26)/t7-,8+/m0/s1. The fourth-order valence-corrected chi connectivity index (χ4v) is 3.81. The number of halogens is 1. The zero-order valence-corrected chi connectivity index (χ0v) is 15.3. The van der Waals surface area contributed by atoms with E-state index in [0.29, 0.717) is 22.8 Å². The topological polar surface area (TPSA) is 120 Å². The monoisotopic (exact) mass is 373 g/mol. The van der Waals surface area contributed by atoms with E-state index in [9.17, 15) is 9.90 Å². The Balaban J connectivity index is 2.04. The SMILES string of the molecule is C[C@H]1C=C(O)C(Cl)=C(n2c(N)c(C(N)=O)c3nc(C4CC4)cnc32)[C@@H]1C. The summed E-state index contributed by atoms with van der Waals surface area (Å²) in [5.41, 5.74) is 14.2. The molecule has 1 fully saturated rings. The third kappa shape index (κ3) is 2.38. The molecule has 8 heteroatoms. The fraction of sp³-hybridized carbons (Fsp3) is 0.389. The third-order valence-electron chi connectivity index (χ3n) is 5.29. The molecule has 2 aliphatic carbocycles. The highest BCUT2D eigenvalue weighted by molar-refractivity contribution is 6.34. The number of anilines is 1. The number of carbonyl (C=O) groups is 1. The van der Waals surface area contributed by atoms with Gasteiger partial charge in [0.2, 0.25) is 0 Å². The first-order chi connectivity index (χ1) is 12.3. The molecule has 7 nitrogen and oxygen atoms in total. The number of rotatable bonds is 3. The fourth-order valence-electron chi connectivity index (χ4n) is 3.49. The average Bonchev–Trinajstić information content (AvgIpc) is 3.38. The highest BCUT2D eigenvalue weighted by atomic mass is 35.5. The van der Waals surface area contributed by atoms with Crippen LogP contribution in [0.15, 0.2) is 23.1 Å². The molecule has 0 radical (unpaired) electrons. The molecule has 1 amide bonds. The molecule has 2 aromatic heterocycles. The van der Waals surface area contributed by atoms with Crippen LogP contribution < -0.4 is 11.5 Å². The number of hydrogen-bond acceptors (Lipinski definition) is 5. The van der Waals surface area contributed by atoms with Gasteiger partial charge in [0.05, 0.1) is 17.6 Å². The van der Waals surface area contributed by atoms with Crippen LogP contribution in [0.25, 0.3) is 16.9 Å². The Hall–Kier alpha value is -2.54. The van der Waals surface area contributed by atoms with Gasteiger partial charge >= 0.3 is 0 Å². The molecular weight excluding hydrogens is 354 g/mol. The summed E-state index contributed by atoms with van der Waals surface area (Å²) in [6, 6.07) is 0. The summed E-state index contributed by atoms with van der Waals surface area (Å²) in [6.45, 7) is 3.95. The third-order valence-corrected chi connectivity index (χ3v) is 5.68. The van der Waals surface area contributed by atoms with Crippen molar-refractivity contribution in [3.63, 3.8) is 0 Å². The minimum Gasteiger partial charge on any atom is -0.507 e. The van der Waals surface area contributed by atoms with Crippen LogP contribution in [-0.2, 0) is 0 Å². The lowest BCUT2D eigenvalue weighted by Gasteiger charge is -2.28. The van der Waals surface area contributed by atoms with Crippen LogP contribution in [0.5, 0.6) is 0 Å². The second kappa shape index (κ2) is 5.74. The van der Waals surface area contributed by atoms with Crippen LogP contribution in [0.2, 0.25) is 0 Å². The Morgan fingerprint density at radius 1 is 1.38 bits per heavy atom. The van der Waals surface area contributed by atoms with E-state index >= 15 is 0 Å². The number of aromatic nitrogens is 3. The first-order valence-electron chi connectivity index (χ1n) is 8.59. The van der Waals surface area contributed by atoms with Gasteiger partial charge in [-0.3, -0.25) is 9.36 Å². The zero-order chi connectivity index (χ0) is 18.7. The number of allylic oxidation sites excluding steroid dienone is 3. The van der Waals surface area contributed by atoms with Crippen molar-refractivity contribution in [2.45, 2.75) is 32.6 Å². The minimum absolute atomic E-state index is 0.0169. The Kier molecular flexibility index (Phi) is 3.73. The molecule has 2 aromatic rings. The summed E-state index contributed by atoms with van der Waals surface area (Å²) < 4.78 is 1.60. The first-order valence-corrected chi connectivity index (χ1v) is 8.96. The second-order valence-electron chi connectivity index (χ2n) is 7.10. The van der Waals surface area contributed by atoms with Crippen LogP contribution in [0.4, 0.5) is 5.82 Å². The summed E-state index contributed by atoms with van der Waals surface area (Å²) in [5.74, 6) is -0.192. The van der Waals surface area contributed by atoms with Gasteiger partial charge in [-0.15, -0.1) is 0 Å². The van der Waals surface area contributed by atoms with Gasteiger partial charge in [0.25, 0.3) is 5.91 Å². The van der Waals surface area contributed by atoms with Crippen LogP contribution in [0.3, 0.4) is 0 Å². The lowest BCUT2D eigenvalue weighted by atomic mass is 9.87. The number of nitrogen functional groups attached to an aromatic ring is 1. The van der Waals surface area contributed by atoms with Gasteiger partial charge in [-0.05, 0) is 24.8 Å². The molecule has 2 aliphatic rings. The summed E-state index contributed by atoms with van der Waals surface area (Å²) >= 11 is 6.40. The average molecular weight is 374 g/mol. The molecule has 1 saturated carbocycles. The van der Waals surface area contributed by atoms with Crippen molar-refractivity contribution in [2.24, 2.45) is 17.6 Å². The molecule has 0 bridgehead atoms. The van der Waals surface area contributed by atoms with Crippen molar-refractivity contribution < 1.29 is 9.90 Å². The Labute approximate surface area is 155 Å². The largest absolute Gasteiger partial charge is 0.507 e. The van der Waals surface area contributed by atoms with E-state index in [1.54, 1.807) is 16.8 Å². The molecule has 2 atom stereocenters. The van der Waals surface area contributed by atoms with E-state index in [2.05, 4.69) is 9.97 Å². The smallest absolute Gasteiger partial charge is 0.254 e. The molecule has 0 aliphatic heterocycles. The second-order valence-corrected chi connectivity index (χ2v) is 7.48. The normalized spacial score (nSPS) is 23.4. The Bertz CT molecular complexity index is 1000. The maximum Gasteiger partial charge on any atom is 0.254 e. The summed E-state index contributed by atoms with van der Waals surface area (Å²) in [4.78, 5) is 21.2. The molecular formula is C18H20ClN5O2. The number of aliphatic hydroxyl groups is 1. The number of nitrogens with two attached hydrogens (primary N) is 2. The minimum atomic E-state index is -0.665. The highest BCUT2D eigenvalue weighted by Gasteiger charge is 2.33.